The fourth-order valence-corrected chi connectivity index (χ4v) is 4.21. The van der Waals surface area contributed by atoms with Crippen molar-refractivity contribution < 1.29 is 27.5 Å². The molecule has 1 fully saturated rings. The molecule has 1 aromatic rings. The number of hydrogen-bond acceptors (Lipinski definition) is 6. The van der Waals surface area contributed by atoms with Gasteiger partial charge in [0.05, 0.1) is 25.0 Å². The molecule has 0 radical (unpaired) electrons. The topological polar surface area (TPSA) is 93.2 Å². The van der Waals surface area contributed by atoms with Gasteiger partial charge in [-0.2, -0.15) is 0 Å². The number of aryl methyl sites for hydroxylation is 1. The van der Waals surface area contributed by atoms with Crippen molar-refractivity contribution in [2.45, 2.75) is 30.6 Å². The number of piperidine rings is 1. The summed E-state index contributed by atoms with van der Waals surface area (Å²) < 4.78 is 35.9. The lowest BCUT2D eigenvalue weighted by Crippen LogP contribution is -2.40. The summed E-state index contributed by atoms with van der Waals surface area (Å²) in [5.74, 6) is 0.152. The first kappa shape index (κ1) is 22.2. The Morgan fingerprint density at radius 3 is 2.36 bits per heavy atom. The third kappa shape index (κ3) is 5.02. The minimum atomic E-state index is -3.56. The Labute approximate surface area is 166 Å². The third-order valence-electron chi connectivity index (χ3n) is 5.02. The number of hydrogen-bond donors (Lipinski definition) is 0. The lowest BCUT2D eigenvalue weighted by atomic mass is 9.96. The number of esters is 1. The van der Waals surface area contributed by atoms with Crippen LogP contribution in [0.3, 0.4) is 0 Å². The summed E-state index contributed by atoms with van der Waals surface area (Å²) in [4.78, 5) is 26.1. The predicted octanol–water partition coefficient (Wildman–Crippen LogP) is 1.29. The van der Waals surface area contributed by atoms with E-state index in [0.717, 1.165) is 4.31 Å². The molecule has 0 spiro atoms. The lowest BCUT2D eigenvalue weighted by Gasteiger charge is -2.30. The van der Waals surface area contributed by atoms with Gasteiger partial charge in [0.1, 0.15) is 5.75 Å². The van der Waals surface area contributed by atoms with Gasteiger partial charge in [-0.1, -0.05) is 0 Å². The molecule has 1 aliphatic rings. The number of carbonyl (C=O) groups is 2. The molecule has 0 aromatic heterocycles. The Bertz CT molecular complexity index is 814. The van der Waals surface area contributed by atoms with E-state index in [4.69, 9.17) is 9.47 Å². The van der Waals surface area contributed by atoms with E-state index in [9.17, 15) is 18.0 Å². The highest BCUT2D eigenvalue weighted by atomic mass is 32.2. The van der Waals surface area contributed by atoms with Gasteiger partial charge in [0.25, 0.3) is 0 Å². The highest BCUT2D eigenvalue weighted by Crippen LogP contribution is 2.26. The molecule has 1 aromatic carbocycles. The molecule has 1 heterocycles. The van der Waals surface area contributed by atoms with Crippen LogP contribution in [0.5, 0.6) is 5.75 Å². The molecule has 0 unspecified atom stereocenters. The Kier molecular flexibility index (Phi) is 7.42. The van der Waals surface area contributed by atoms with Gasteiger partial charge in [0, 0.05) is 33.6 Å². The van der Waals surface area contributed by atoms with E-state index in [2.05, 4.69) is 0 Å². The molecule has 2 rings (SSSR count). The first-order valence-electron chi connectivity index (χ1n) is 9.15. The molecule has 9 heteroatoms. The average Bonchev–Trinajstić information content (AvgIpc) is 2.71. The zero-order valence-electron chi connectivity index (χ0n) is 16.8. The zero-order chi connectivity index (χ0) is 20.9. The van der Waals surface area contributed by atoms with E-state index < -0.39 is 10.0 Å². The van der Waals surface area contributed by atoms with Crippen molar-refractivity contribution >= 4 is 21.9 Å². The van der Waals surface area contributed by atoms with Gasteiger partial charge in [-0.3, -0.25) is 9.59 Å². The molecule has 0 bridgehead atoms. The number of methoxy groups -OCH3 is 2. The molecule has 1 aliphatic heterocycles. The minimum absolute atomic E-state index is 0.0220. The van der Waals surface area contributed by atoms with Crippen molar-refractivity contribution in [3.63, 3.8) is 0 Å². The molecule has 8 nitrogen and oxygen atoms in total. The molecular weight excluding hydrogens is 384 g/mol. The van der Waals surface area contributed by atoms with Crippen LogP contribution < -0.4 is 4.74 Å². The van der Waals surface area contributed by atoms with E-state index in [1.54, 1.807) is 17.0 Å². The summed E-state index contributed by atoms with van der Waals surface area (Å²) >= 11 is 0. The SMILES string of the molecule is COC(=O)C1CCN(C(=O)CCc2cc(S(=O)(=O)N(C)C)ccc2OC)CC1. The Morgan fingerprint density at radius 1 is 1.18 bits per heavy atom. The standard InChI is InChI=1S/C19H28N2O6S/c1-20(2)28(24,25)16-6-7-17(26-3)15(13-16)5-8-18(22)21-11-9-14(10-12-21)19(23)27-4/h6-7,13-14H,5,8-12H2,1-4H3. The second kappa shape index (κ2) is 9.38. The van der Waals surface area contributed by atoms with Crippen molar-refractivity contribution in [1.82, 2.24) is 9.21 Å². The van der Waals surface area contributed by atoms with E-state index in [1.807, 2.05) is 0 Å². The lowest BCUT2D eigenvalue weighted by molar-refractivity contribution is -0.148. The van der Waals surface area contributed by atoms with Gasteiger partial charge in [-0.15, -0.1) is 0 Å². The smallest absolute Gasteiger partial charge is 0.308 e. The summed E-state index contributed by atoms with van der Waals surface area (Å²) in [5.41, 5.74) is 0.670. The number of sulfonamides is 1. The molecule has 156 valence electrons. The van der Waals surface area contributed by atoms with Crippen molar-refractivity contribution in [2.75, 3.05) is 41.4 Å². The van der Waals surface area contributed by atoms with Crippen LogP contribution in [0.4, 0.5) is 0 Å². The van der Waals surface area contributed by atoms with Gasteiger partial charge in [0.2, 0.25) is 15.9 Å². The summed E-state index contributed by atoms with van der Waals surface area (Å²) in [6.07, 6.45) is 1.80. The highest BCUT2D eigenvalue weighted by molar-refractivity contribution is 7.89. The monoisotopic (exact) mass is 412 g/mol. The van der Waals surface area contributed by atoms with Gasteiger partial charge in [-0.25, -0.2) is 12.7 Å². The zero-order valence-corrected chi connectivity index (χ0v) is 17.6. The molecule has 0 saturated carbocycles. The molecular formula is C19H28N2O6S. The van der Waals surface area contributed by atoms with Gasteiger partial charge >= 0.3 is 5.97 Å². The molecule has 1 saturated heterocycles. The molecule has 1 amide bonds. The molecule has 28 heavy (non-hydrogen) atoms. The maximum Gasteiger partial charge on any atom is 0.308 e. The third-order valence-corrected chi connectivity index (χ3v) is 6.83. The number of likely N-dealkylation sites (tertiary alicyclic amines) is 1. The molecule has 0 aliphatic carbocycles. The van der Waals surface area contributed by atoms with Gasteiger partial charge in [0.15, 0.2) is 0 Å². The largest absolute Gasteiger partial charge is 0.496 e. The Morgan fingerprint density at radius 2 is 1.82 bits per heavy atom. The molecule has 0 atom stereocenters. The maximum absolute atomic E-state index is 12.5. The van der Waals surface area contributed by atoms with Crippen molar-refractivity contribution in [3.8, 4) is 5.75 Å². The van der Waals surface area contributed by atoms with Crippen LogP contribution in [0, 0.1) is 5.92 Å². The highest BCUT2D eigenvalue weighted by Gasteiger charge is 2.28. The van der Waals surface area contributed by atoms with E-state index in [0.29, 0.717) is 43.7 Å². The molecule has 0 N–H and O–H groups in total. The van der Waals surface area contributed by atoms with Crippen LogP contribution in [0.2, 0.25) is 0 Å². The fourth-order valence-electron chi connectivity index (χ4n) is 3.25. The average molecular weight is 413 g/mol. The maximum atomic E-state index is 12.5. The van der Waals surface area contributed by atoms with Crippen molar-refractivity contribution in [1.29, 1.82) is 0 Å². The first-order chi connectivity index (χ1) is 13.2. The van der Waals surface area contributed by atoms with E-state index in [-0.39, 0.29) is 29.1 Å². The summed E-state index contributed by atoms with van der Waals surface area (Å²) in [5, 5.41) is 0. The number of ether oxygens (including phenoxy) is 2. The van der Waals surface area contributed by atoms with E-state index in [1.165, 1.54) is 34.4 Å². The van der Waals surface area contributed by atoms with Gasteiger partial charge in [-0.05, 0) is 43.0 Å². The van der Waals surface area contributed by atoms with Crippen LogP contribution in [-0.4, -0.2) is 70.9 Å². The fraction of sp³-hybridized carbons (Fsp3) is 0.579. The Balaban J connectivity index is 2.04. The van der Waals surface area contributed by atoms with Crippen LogP contribution in [0.25, 0.3) is 0 Å². The Hall–Kier alpha value is -2.13. The first-order valence-corrected chi connectivity index (χ1v) is 10.6. The second-order valence-electron chi connectivity index (χ2n) is 6.94. The normalized spacial score (nSPS) is 15.5. The number of carbonyl (C=O) groups excluding carboxylic acids is 2. The quantitative estimate of drug-likeness (QED) is 0.627. The summed E-state index contributed by atoms with van der Waals surface area (Å²) in [6.45, 7) is 1.04. The van der Waals surface area contributed by atoms with Crippen LogP contribution in [-0.2, 0) is 30.8 Å². The van der Waals surface area contributed by atoms with Gasteiger partial charge < -0.3 is 14.4 Å². The second-order valence-corrected chi connectivity index (χ2v) is 9.09. The number of nitrogens with zero attached hydrogens (tertiary/aromatic N) is 2. The van der Waals surface area contributed by atoms with Crippen LogP contribution >= 0.6 is 0 Å². The van der Waals surface area contributed by atoms with Crippen molar-refractivity contribution in [2.24, 2.45) is 5.92 Å². The number of benzene rings is 1. The van der Waals surface area contributed by atoms with E-state index >= 15 is 0 Å². The number of amides is 1. The minimum Gasteiger partial charge on any atom is -0.496 e. The predicted molar refractivity (Wildman–Crippen MR) is 104 cm³/mol. The van der Waals surface area contributed by atoms with Crippen LogP contribution in [0.15, 0.2) is 23.1 Å². The van der Waals surface area contributed by atoms with Crippen molar-refractivity contribution in [3.05, 3.63) is 23.8 Å². The van der Waals surface area contributed by atoms with Crippen LogP contribution in [0.1, 0.15) is 24.8 Å². The summed E-state index contributed by atoms with van der Waals surface area (Å²) in [6, 6.07) is 4.67. The number of rotatable bonds is 7. The summed E-state index contributed by atoms with van der Waals surface area (Å²) in [7, 11) is 2.27.